The molecule has 8 nitrogen and oxygen atoms in total. The van der Waals surface area contributed by atoms with Crippen molar-refractivity contribution in [2.45, 2.75) is 16.3 Å². The number of β-lactam (4-membered cyclic amide) rings is 1. The van der Waals surface area contributed by atoms with Gasteiger partial charge in [0.25, 0.3) is 5.91 Å². The molecule has 2 aromatic rings. The summed E-state index contributed by atoms with van der Waals surface area (Å²) in [4.78, 5) is 42.5. The predicted molar refractivity (Wildman–Crippen MR) is 147 cm³/mol. The molecule has 0 radical (unpaired) electrons. The number of carboxylic acids is 1. The van der Waals surface area contributed by atoms with Crippen molar-refractivity contribution >= 4 is 52.1 Å². The number of nitrogens with one attached hydrogen (secondary N) is 1. The Morgan fingerprint density at radius 1 is 1.11 bits per heavy atom. The summed E-state index contributed by atoms with van der Waals surface area (Å²) >= 11 is 2.89. The number of carbonyl (C=O) groups is 3. The Morgan fingerprint density at radius 2 is 1.84 bits per heavy atom. The lowest BCUT2D eigenvalue weighted by Crippen LogP contribution is -2.71. The van der Waals surface area contributed by atoms with Crippen LogP contribution in [0.4, 0.5) is 0 Å². The molecule has 5 aliphatic rings. The molecule has 2 bridgehead atoms. The molecule has 198 valence electrons. The van der Waals surface area contributed by atoms with E-state index in [4.69, 9.17) is 0 Å². The molecule has 2 atom stereocenters. The van der Waals surface area contributed by atoms with E-state index in [1.807, 2.05) is 48.5 Å². The first-order valence-electron chi connectivity index (χ1n) is 13.0. The average Bonchev–Trinajstić information content (AvgIpc) is 2.95. The van der Waals surface area contributed by atoms with Crippen LogP contribution in [0.1, 0.15) is 0 Å². The van der Waals surface area contributed by atoms with E-state index in [0.29, 0.717) is 11.3 Å². The first kappa shape index (κ1) is 25.5. The summed E-state index contributed by atoms with van der Waals surface area (Å²) in [5.41, 5.74) is 0.541. The van der Waals surface area contributed by atoms with E-state index in [1.54, 1.807) is 0 Å². The van der Waals surface area contributed by atoms with E-state index >= 15 is 0 Å². The molecule has 0 spiro atoms. The van der Waals surface area contributed by atoms with Gasteiger partial charge in [-0.2, -0.15) is 0 Å². The van der Waals surface area contributed by atoms with Gasteiger partial charge in [0.15, 0.2) is 0 Å². The van der Waals surface area contributed by atoms with Crippen LogP contribution in [0.5, 0.6) is 0 Å². The maximum atomic E-state index is 13.0. The maximum absolute atomic E-state index is 13.0. The van der Waals surface area contributed by atoms with Crippen LogP contribution >= 0.6 is 23.5 Å². The Morgan fingerprint density at radius 3 is 2.58 bits per heavy atom. The highest BCUT2D eigenvalue weighted by molar-refractivity contribution is 8.00. The lowest BCUT2D eigenvalue weighted by molar-refractivity contribution is -0.935. The van der Waals surface area contributed by atoms with Crippen LogP contribution in [0.2, 0.25) is 0 Å². The fourth-order valence-corrected chi connectivity index (χ4v) is 7.88. The quantitative estimate of drug-likeness (QED) is 0.298. The lowest BCUT2D eigenvalue weighted by Gasteiger charge is -2.51. The smallest absolute Gasteiger partial charge is 0.253 e. The topological polar surface area (TPSA) is 92.8 Å². The van der Waals surface area contributed by atoms with Gasteiger partial charge in [-0.1, -0.05) is 36.4 Å². The second-order valence-corrected chi connectivity index (χ2v) is 12.5. The van der Waals surface area contributed by atoms with Crippen molar-refractivity contribution in [1.82, 2.24) is 15.1 Å². The van der Waals surface area contributed by atoms with Gasteiger partial charge in [-0.15, -0.1) is 23.5 Å². The van der Waals surface area contributed by atoms with E-state index in [1.165, 1.54) is 28.4 Å². The molecule has 0 unspecified atom stereocenters. The van der Waals surface area contributed by atoms with Crippen molar-refractivity contribution < 1.29 is 24.0 Å². The van der Waals surface area contributed by atoms with Crippen LogP contribution in [0.3, 0.4) is 0 Å². The number of carboxylic acid groups (broad SMARTS) is 1. The fraction of sp³-hybridized carbons (Fsp3) is 0.393. The number of thioether (sulfide) groups is 2. The first-order valence-corrected chi connectivity index (χ1v) is 15.0. The Hall–Kier alpha value is -2.79. The predicted octanol–water partition coefficient (Wildman–Crippen LogP) is 1.04. The summed E-state index contributed by atoms with van der Waals surface area (Å²) in [5.74, 6) is -1.36. The van der Waals surface area contributed by atoms with Gasteiger partial charge in [0.05, 0.1) is 43.6 Å². The molecule has 10 heteroatoms. The zero-order chi connectivity index (χ0) is 26.3. The monoisotopic (exact) mass is 550 g/mol. The van der Waals surface area contributed by atoms with Gasteiger partial charge in [0.2, 0.25) is 5.91 Å². The Bertz CT molecular complexity index is 1340. The number of amides is 2. The second-order valence-electron chi connectivity index (χ2n) is 10.4. The third-order valence-corrected chi connectivity index (χ3v) is 10.4. The average molecular weight is 551 g/mol. The molecule has 0 aromatic heterocycles. The van der Waals surface area contributed by atoms with Crippen LogP contribution in [-0.2, 0) is 14.4 Å². The van der Waals surface area contributed by atoms with Gasteiger partial charge >= 0.3 is 0 Å². The van der Waals surface area contributed by atoms with Crippen molar-refractivity contribution in [1.29, 1.82) is 0 Å². The maximum Gasteiger partial charge on any atom is 0.253 e. The molecule has 5 heterocycles. The van der Waals surface area contributed by atoms with Crippen LogP contribution in [0, 0.1) is 0 Å². The highest BCUT2D eigenvalue weighted by atomic mass is 32.2. The standard InChI is InChI=1S/C28H30N4O4S2/c33-23(18-37-22-8-7-19-4-1-2-5-20(19)16-22)29-24-26(34)31-25(28(35)36)21(17-38-27(24)31)6-3-12-32-13-9-30(10-14-32)11-15-32/h1-8,16,24,27H,9-15,17-18H2,(H-,29,33,35,36)/t24-,27-/m1/s1. The molecule has 38 heavy (non-hydrogen) atoms. The van der Waals surface area contributed by atoms with E-state index in [2.05, 4.69) is 16.3 Å². The number of aliphatic carboxylic acids is 1. The minimum Gasteiger partial charge on any atom is -0.543 e. The van der Waals surface area contributed by atoms with E-state index < -0.39 is 23.3 Å². The third-order valence-electron chi connectivity index (χ3n) is 8.08. The van der Waals surface area contributed by atoms with E-state index in [9.17, 15) is 19.5 Å². The number of quaternary nitrogens is 1. The van der Waals surface area contributed by atoms with Gasteiger partial charge < -0.3 is 19.7 Å². The third kappa shape index (κ3) is 4.86. The SMILES string of the molecule is O=C(CSc1ccc2ccccc2c1)N[C@@H]1C(=O)N2C(C(=O)[O-])=C(C=CC[N+]34CCN(CC3)CC4)CS[C@H]12. The second kappa shape index (κ2) is 10.4. The molecule has 0 saturated carbocycles. The number of nitrogens with zero attached hydrogens (tertiary/aromatic N) is 3. The Kier molecular flexibility index (Phi) is 6.98. The number of allylic oxidation sites excluding steroid dienone is 1. The molecule has 5 aliphatic heterocycles. The highest BCUT2D eigenvalue weighted by Crippen LogP contribution is 2.40. The van der Waals surface area contributed by atoms with Crippen molar-refractivity contribution in [3.05, 3.63) is 65.9 Å². The fourth-order valence-electron chi connectivity index (χ4n) is 5.81. The van der Waals surface area contributed by atoms with Crippen LogP contribution in [0.25, 0.3) is 10.8 Å². The molecule has 1 N–H and O–H groups in total. The van der Waals surface area contributed by atoms with E-state index in [-0.39, 0.29) is 17.4 Å². The lowest BCUT2D eigenvalue weighted by atomic mass is 10.0. The summed E-state index contributed by atoms with van der Waals surface area (Å²) in [6.07, 6.45) is 3.93. The highest BCUT2D eigenvalue weighted by Gasteiger charge is 2.52. The molecular weight excluding hydrogens is 520 g/mol. The zero-order valence-electron chi connectivity index (χ0n) is 21.0. The summed E-state index contributed by atoms with van der Waals surface area (Å²) < 4.78 is 1.05. The number of carbonyl (C=O) groups excluding carboxylic acids is 3. The van der Waals surface area contributed by atoms with Crippen LogP contribution < -0.4 is 10.4 Å². The normalized spacial score (nSPS) is 28.5. The minimum atomic E-state index is -1.35. The van der Waals surface area contributed by atoms with Crippen LogP contribution in [-0.4, -0.2) is 101 Å². The number of benzene rings is 2. The van der Waals surface area contributed by atoms with Crippen molar-refractivity contribution in [3.8, 4) is 0 Å². The molecule has 7 rings (SSSR count). The summed E-state index contributed by atoms with van der Waals surface area (Å²) in [6.45, 7) is 7.60. The largest absolute Gasteiger partial charge is 0.543 e. The number of piperazine rings is 3. The Labute approximate surface area is 230 Å². The van der Waals surface area contributed by atoms with Gasteiger partial charge in [0, 0.05) is 30.3 Å². The summed E-state index contributed by atoms with van der Waals surface area (Å²) in [5, 5.41) is 16.7. The van der Waals surface area contributed by atoms with E-state index in [0.717, 1.165) is 66.0 Å². The minimum absolute atomic E-state index is 0.0606. The van der Waals surface area contributed by atoms with Crippen molar-refractivity contribution in [2.75, 3.05) is 57.3 Å². The Balaban J connectivity index is 1.07. The van der Waals surface area contributed by atoms with Gasteiger partial charge in [-0.05, 0) is 34.6 Å². The number of hydrogen-bond donors (Lipinski definition) is 1. The van der Waals surface area contributed by atoms with Crippen molar-refractivity contribution in [2.24, 2.45) is 0 Å². The molecule has 4 fully saturated rings. The zero-order valence-corrected chi connectivity index (χ0v) is 22.6. The van der Waals surface area contributed by atoms with Gasteiger partial charge in [-0.3, -0.25) is 19.4 Å². The van der Waals surface area contributed by atoms with Crippen molar-refractivity contribution in [3.63, 3.8) is 0 Å². The molecule has 2 aromatic carbocycles. The molecule has 2 amide bonds. The molecule has 4 saturated heterocycles. The number of fused-ring (bicyclic) bond motifs is 5. The molecule has 0 aliphatic carbocycles. The summed E-state index contributed by atoms with van der Waals surface area (Å²) in [7, 11) is 0. The molecular formula is C28H30N4O4S2. The first-order chi connectivity index (χ1) is 18.4. The summed E-state index contributed by atoms with van der Waals surface area (Å²) in [6, 6.07) is 13.4. The van der Waals surface area contributed by atoms with Crippen LogP contribution in [0.15, 0.2) is 70.8 Å². The van der Waals surface area contributed by atoms with Gasteiger partial charge in [0.1, 0.15) is 11.4 Å². The number of rotatable bonds is 8. The van der Waals surface area contributed by atoms with Gasteiger partial charge in [-0.25, -0.2) is 0 Å². The number of hydrogen-bond acceptors (Lipinski definition) is 7.